The van der Waals surface area contributed by atoms with E-state index in [-0.39, 0.29) is 24.3 Å². The van der Waals surface area contributed by atoms with Crippen LogP contribution in [0.25, 0.3) is 0 Å². The van der Waals surface area contributed by atoms with Crippen molar-refractivity contribution < 1.29 is 32.1 Å². The maximum absolute atomic E-state index is 11.1. The van der Waals surface area contributed by atoms with Gasteiger partial charge in [-0.3, -0.25) is 4.74 Å². The van der Waals surface area contributed by atoms with Crippen molar-refractivity contribution >= 4 is 25.2 Å². The molecule has 1 aliphatic heterocycles. The number of likely N-dealkylation sites (N-methyl/N-ethyl adjacent to an activating group) is 2. The fraction of sp³-hybridized carbons (Fsp3) is 1.00. The molecule has 3 aliphatic rings. The summed E-state index contributed by atoms with van der Waals surface area (Å²) < 4.78 is 21.7. The number of hydrogen-bond acceptors (Lipinski definition) is 5. The summed E-state index contributed by atoms with van der Waals surface area (Å²) in [5.41, 5.74) is 0. The lowest BCUT2D eigenvalue weighted by Gasteiger charge is -2.46. The van der Waals surface area contributed by atoms with Crippen molar-refractivity contribution in [2.45, 2.75) is 153 Å². The van der Waals surface area contributed by atoms with E-state index in [1.807, 2.05) is 0 Å². The highest BCUT2D eigenvalue weighted by atomic mass is 28.5. The number of fused-ring (bicyclic) bond motifs is 4. The third-order valence-corrected chi connectivity index (χ3v) is 22.2. The van der Waals surface area contributed by atoms with E-state index in [9.17, 15) is 10.2 Å². The van der Waals surface area contributed by atoms with E-state index in [1.54, 1.807) is 0 Å². The molecule has 1 saturated heterocycles. The van der Waals surface area contributed by atoms with Gasteiger partial charge in [-0.25, -0.2) is 0 Å². The number of ether oxygens (including phenoxy) is 1. The first-order chi connectivity index (χ1) is 19.3. The van der Waals surface area contributed by atoms with Gasteiger partial charge >= 0.3 is 8.56 Å². The second kappa shape index (κ2) is 14.9. The molecular weight excluding hydrogens is 577 g/mol. The summed E-state index contributed by atoms with van der Waals surface area (Å²) in [5, 5.41) is 22.1. The van der Waals surface area contributed by atoms with Gasteiger partial charge in [-0.2, -0.15) is 0 Å². The van der Waals surface area contributed by atoms with Crippen LogP contribution in [-0.4, -0.2) is 110 Å². The van der Waals surface area contributed by atoms with Crippen molar-refractivity contribution in [3.8, 4) is 0 Å². The Kier molecular flexibility index (Phi) is 13.0. The molecule has 3 fully saturated rings. The zero-order valence-electron chi connectivity index (χ0n) is 29.3. The number of rotatable bonds is 0. The van der Waals surface area contributed by atoms with Crippen LogP contribution in [0, 0.1) is 11.8 Å². The topological polar surface area (TPSA) is 68.2 Å². The molecule has 1 heterocycles. The molecule has 42 heavy (non-hydrogen) atoms. The summed E-state index contributed by atoms with van der Waals surface area (Å²) in [4.78, 5) is 0. The molecule has 7 nitrogen and oxygen atoms in total. The minimum Gasteiger partial charge on any atom is -0.437 e. The standard InChI is InChI=1S/C32H70N2O5Si3/c1-33(2)25-37-26-34(3,4)30-24-28(17-19-32(30)36)20-22-41(7,8)39-42(9,10)38-40(5,6)21-14-12-11-13-15-27-16-18-31(35)29(33)23-27/h27-32,35-36H,11-26H2,1-10H3/q+2. The number of aliphatic hydroxyl groups excluding tert-OH is 2. The van der Waals surface area contributed by atoms with Gasteiger partial charge < -0.3 is 27.4 Å². The molecule has 2 N–H and O–H groups in total. The largest absolute Gasteiger partial charge is 0.437 e. The summed E-state index contributed by atoms with van der Waals surface area (Å²) >= 11 is 0. The van der Waals surface area contributed by atoms with Gasteiger partial charge in [0.1, 0.15) is 24.3 Å². The fourth-order valence-corrected chi connectivity index (χ4v) is 22.7. The van der Waals surface area contributed by atoms with Crippen molar-refractivity contribution in [2.75, 3.05) is 41.7 Å². The first-order valence-corrected chi connectivity index (χ1v) is 26.4. The van der Waals surface area contributed by atoms with Crippen LogP contribution >= 0.6 is 0 Å². The van der Waals surface area contributed by atoms with Gasteiger partial charge in [0.15, 0.2) is 30.1 Å². The predicted octanol–water partition coefficient (Wildman–Crippen LogP) is 6.63. The van der Waals surface area contributed by atoms with E-state index >= 15 is 0 Å². The minimum absolute atomic E-state index is 0.182. The average Bonchev–Trinajstić information content (AvgIpc) is 2.84. The number of quaternary nitrogens is 2. The number of hydrogen-bond donors (Lipinski definition) is 2. The first kappa shape index (κ1) is 36.8. The zero-order valence-corrected chi connectivity index (χ0v) is 32.3. The molecule has 3 rings (SSSR count). The number of nitrogens with zero attached hydrogens (tertiary/aromatic N) is 2. The normalized spacial score (nSPS) is 38.6. The SMILES string of the molecule is C[N+]1(C)COC[N+](C)(C)C2CC(CCC2O)CC[Si](C)(C)O[Si](C)(C)O[Si](C)(C)CCCCCCC2CCC(O)C1C2. The van der Waals surface area contributed by atoms with E-state index in [0.717, 1.165) is 44.6 Å². The molecule has 2 aliphatic carbocycles. The van der Waals surface area contributed by atoms with E-state index in [2.05, 4.69) is 67.5 Å². The van der Waals surface area contributed by atoms with Crippen LogP contribution in [0.2, 0.25) is 51.4 Å². The van der Waals surface area contributed by atoms with Crippen molar-refractivity contribution in [3.05, 3.63) is 0 Å². The van der Waals surface area contributed by atoms with Crippen LogP contribution in [0.15, 0.2) is 0 Å². The van der Waals surface area contributed by atoms with Gasteiger partial charge in [0.25, 0.3) is 0 Å². The second-order valence-corrected chi connectivity index (χ2v) is 29.7. The van der Waals surface area contributed by atoms with E-state index in [1.165, 1.54) is 44.6 Å². The second-order valence-electron chi connectivity index (χ2n) is 17.3. The predicted molar refractivity (Wildman–Crippen MR) is 181 cm³/mol. The molecule has 2 saturated carbocycles. The molecule has 6 unspecified atom stereocenters. The summed E-state index contributed by atoms with van der Waals surface area (Å²) in [6.07, 6.45) is 13.2. The van der Waals surface area contributed by atoms with Crippen LogP contribution < -0.4 is 0 Å². The summed E-state index contributed by atoms with van der Waals surface area (Å²) in [6, 6.07) is 2.78. The van der Waals surface area contributed by atoms with Gasteiger partial charge in [0.05, 0.1) is 28.2 Å². The van der Waals surface area contributed by atoms with Crippen molar-refractivity contribution in [3.63, 3.8) is 0 Å². The molecule has 0 aromatic carbocycles. The molecule has 0 aromatic rings. The maximum atomic E-state index is 11.1. The molecular formula is C32H70N2O5Si3+2. The van der Waals surface area contributed by atoms with Gasteiger partial charge in [-0.05, 0) is 88.9 Å². The summed E-state index contributed by atoms with van der Waals surface area (Å²) in [5.74, 6) is 1.32. The summed E-state index contributed by atoms with van der Waals surface area (Å²) in [6.45, 7) is 15.3. The Hall–Kier alpha value is 0.371. The van der Waals surface area contributed by atoms with Crippen LogP contribution in [0.5, 0.6) is 0 Å². The Labute approximate surface area is 263 Å². The van der Waals surface area contributed by atoms with Gasteiger partial charge in [-0.1, -0.05) is 38.5 Å². The van der Waals surface area contributed by atoms with E-state index in [0.29, 0.717) is 34.3 Å². The average molecular weight is 647 g/mol. The Morgan fingerprint density at radius 3 is 1.52 bits per heavy atom. The molecule has 0 radical (unpaired) electrons. The maximum Gasteiger partial charge on any atom is 0.311 e. The van der Waals surface area contributed by atoms with Crippen LogP contribution in [0.3, 0.4) is 0 Å². The monoisotopic (exact) mass is 646 g/mol. The molecule has 0 spiro atoms. The van der Waals surface area contributed by atoms with Crippen LogP contribution in [0.1, 0.15) is 77.0 Å². The molecule has 0 amide bonds. The van der Waals surface area contributed by atoms with Gasteiger partial charge in [-0.15, -0.1) is 0 Å². The molecule has 10 heteroatoms. The van der Waals surface area contributed by atoms with Crippen molar-refractivity contribution in [2.24, 2.45) is 11.8 Å². The van der Waals surface area contributed by atoms with E-state index < -0.39 is 25.2 Å². The Morgan fingerprint density at radius 1 is 0.548 bits per heavy atom. The van der Waals surface area contributed by atoms with Crippen LogP contribution in [-0.2, 0) is 13.0 Å². The highest BCUT2D eigenvalue weighted by Crippen LogP contribution is 2.37. The molecule has 6 atom stereocenters. The Morgan fingerprint density at radius 2 is 1.00 bits per heavy atom. The molecule has 248 valence electrons. The number of aliphatic hydroxyl groups is 2. The van der Waals surface area contributed by atoms with Crippen LogP contribution in [0.4, 0.5) is 0 Å². The lowest BCUT2D eigenvalue weighted by atomic mass is 9.80. The fourth-order valence-electron chi connectivity index (χ4n) is 8.50. The van der Waals surface area contributed by atoms with Crippen molar-refractivity contribution in [1.29, 1.82) is 0 Å². The minimum atomic E-state index is -2.20. The smallest absolute Gasteiger partial charge is 0.311 e. The molecule has 0 aromatic heterocycles. The van der Waals surface area contributed by atoms with Gasteiger partial charge in [0.2, 0.25) is 0 Å². The lowest BCUT2D eigenvalue weighted by Crippen LogP contribution is -2.60. The zero-order chi connectivity index (χ0) is 31.4. The highest BCUT2D eigenvalue weighted by Gasteiger charge is 2.44. The third kappa shape index (κ3) is 11.3. The van der Waals surface area contributed by atoms with Gasteiger partial charge in [0, 0.05) is 12.8 Å². The van der Waals surface area contributed by atoms with Crippen molar-refractivity contribution in [1.82, 2.24) is 0 Å². The van der Waals surface area contributed by atoms with E-state index in [4.69, 9.17) is 13.0 Å². The quantitative estimate of drug-likeness (QED) is 0.229. The molecule has 4 bridgehead atoms. The lowest BCUT2D eigenvalue weighted by molar-refractivity contribution is -0.970. The third-order valence-electron chi connectivity index (χ3n) is 10.8. The Balaban J connectivity index is 1.73. The Bertz CT molecular complexity index is 841. The highest BCUT2D eigenvalue weighted by molar-refractivity contribution is 6.87. The first-order valence-electron chi connectivity index (χ1n) is 17.3. The summed E-state index contributed by atoms with van der Waals surface area (Å²) in [7, 11) is 3.08.